The number of amides is 2. The first-order valence-electron chi connectivity index (χ1n) is 9.33. The smallest absolute Gasteiger partial charge is 0.268 e. The number of aliphatic hydroxyl groups is 2. The minimum atomic E-state index is -1.27. The highest BCUT2D eigenvalue weighted by Crippen LogP contribution is 2.08. The van der Waals surface area contributed by atoms with Crippen LogP contribution in [0.2, 0.25) is 0 Å². The van der Waals surface area contributed by atoms with E-state index < -0.39 is 24.0 Å². The number of aliphatic hydroxyl groups excluding tert-OH is 2. The van der Waals surface area contributed by atoms with Crippen molar-refractivity contribution in [2.75, 3.05) is 19.6 Å². The third-order valence-corrected chi connectivity index (χ3v) is 4.47. The summed E-state index contributed by atoms with van der Waals surface area (Å²) in [7, 11) is 0. The molecule has 1 aliphatic rings. The van der Waals surface area contributed by atoms with Gasteiger partial charge in [0, 0.05) is 37.2 Å². The van der Waals surface area contributed by atoms with E-state index in [1.807, 2.05) is 0 Å². The van der Waals surface area contributed by atoms with Crippen LogP contribution < -0.4 is 10.8 Å². The summed E-state index contributed by atoms with van der Waals surface area (Å²) in [6, 6.07) is 5.12. The first-order chi connectivity index (χ1) is 13.9. The van der Waals surface area contributed by atoms with Crippen molar-refractivity contribution < 1.29 is 25.0 Å². The van der Waals surface area contributed by atoms with Gasteiger partial charge in [0.15, 0.2) is 0 Å². The topological polar surface area (TPSA) is 122 Å². The van der Waals surface area contributed by atoms with Gasteiger partial charge in [-0.05, 0) is 49.5 Å². The number of β-amino-alcohol motifs (C(OH)–C–C–N with tert-alkyl or cyclic N) is 1. The van der Waals surface area contributed by atoms with E-state index in [4.69, 9.17) is 5.21 Å². The fourth-order valence-electron chi connectivity index (χ4n) is 2.84. The largest absolute Gasteiger partial charge is 0.392 e. The number of likely N-dealkylation sites (tertiary alicyclic amines) is 1. The molecule has 1 unspecified atom stereocenters. The molecule has 0 spiro atoms. The monoisotopic (exact) mass is 399 g/mol. The van der Waals surface area contributed by atoms with Crippen LogP contribution >= 0.6 is 0 Å². The maximum Gasteiger partial charge on any atom is 0.268 e. The zero-order chi connectivity index (χ0) is 21.2. The molecule has 0 bridgehead atoms. The number of hydroxylamine groups is 1. The number of benzene rings is 1. The summed E-state index contributed by atoms with van der Waals surface area (Å²) >= 11 is 0. The Hall–Kier alpha value is -2.88. The second-order valence-electron chi connectivity index (χ2n) is 6.79. The second-order valence-corrected chi connectivity index (χ2v) is 6.79. The summed E-state index contributed by atoms with van der Waals surface area (Å²) in [5.74, 6) is 9.95. The molecule has 29 heavy (non-hydrogen) atoms. The van der Waals surface area contributed by atoms with Gasteiger partial charge in [0.2, 0.25) is 0 Å². The van der Waals surface area contributed by atoms with Gasteiger partial charge in [0.25, 0.3) is 11.8 Å². The van der Waals surface area contributed by atoms with E-state index in [0.717, 1.165) is 19.5 Å². The molecule has 5 N–H and O–H groups in total. The van der Waals surface area contributed by atoms with Crippen LogP contribution in [0.4, 0.5) is 0 Å². The SMILES string of the molecule is C[C@@H](O)[C@H](NC(=O)c1ccc(C#CC#CCCN2CCC(O)C2)cc1)C(=O)NO. The summed E-state index contributed by atoms with van der Waals surface area (Å²) in [5, 5.41) is 30.0. The normalized spacial score (nSPS) is 17.9. The van der Waals surface area contributed by atoms with E-state index in [1.165, 1.54) is 12.4 Å². The van der Waals surface area contributed by atoms with Gasteiger partial charge in [-0.3, -0.25) is 19.7 Å². The predicted molar refractivity (Wildman–Crippen MR) is 106 cm³/mol. The quantitative estimate of drug-likeness (QED) is 0.249. The Balaban J connectivity index is 1.85. The lowest BCUT2D eigenvalue weighted by Crippen LogP contribution is -2.51. The predicted octanol–water partition coefficient (Wildman–Crippen LogP) is -0.517. The van der Waals surface area contributed by atoms with Gasteiger partial charge in [-0.1, -0.05) is 11.8 Å². The van der Waals surface area contributed by atoms with Crippen molar-refractivity contribution in [1.82, 2.24) is 15.7 Å². The Morgan fingerprint density at radius 2 is 2.00 bits per heavy atom. The number of hydrogen-bond donors (Lipinski definition) is 5. The Labute approximate surface area is 169 Å². The van der Waals surface area contributed by atoms with E-state index in [9.17, 15) is 19.8 Å². The van der Waals surface area contributed by atoms with Crippen molar-refractivity contribution in [1.29, 1.82) is 0 Å². The minimum Gasteiger partial charge on any atom is -0.392 e. The standard InChI is InChI=1S/C21H25N3O5/c1-15(25)19(21(28)23-29)22-20(27)17-9-7-16(8-10-17)6-4-2-3-5-12-24-13-11-18(26)14-24/h7-10,15,18-19,25-26,29H,5,11-14H2,1H3,(H,22,27)(H,23,28)/t15-,18?,19+/m1/s1. The third kappa shape index (κ3) is 7.22. The molecule has 1 heterocycles. The summed E-state index contributed by atoms with van der Waals surface area (Å²) in [5.41, 5.74) is 2.37. The molecular weight excluding hydrogens is 374 g/mol. The van der Waals surface area contributed by atoms with Gasteiger partial charge in [0.1, 0.15) is 6.04 Å². The summed E-state index contributed by atoms with van der Waals surface area (Å²) in [6.45, 7) is 3.75. The molecule has 2 amide bonds. The molecule has 8 nitrogen and oxygen atoms in total. The summed E-state index contributed by atoms with van der Waals surface area (Å²) in [6.07, 6.45) is 0.102. The Bertz CT molecular complexity index is 830. The van der Waals surface area contributed by atoms with Gasteiger partial charge < -0.3 is 15.5 Å². The van der Waals surface area contributed by atoms with Gasteiger partial charge in [-0.2, -0.15) is 0 Å². The van der Waals surface area contributed by atoms with Crippen LogP contribution in [0.5, 0.6) is 0 Å². The highest BCUT2D eigenvalue weighted by Gasteiger charge is 2.25. The Morgan fingerprint density at radius 3 is 2.59 bits per heavy atom. The molecule has 0 aromatic heterocycles. The van der Waals surface area contributed by atoms with Crippen molar-refractivity contribution in [3.63, 3.8) is 0 Å². The molecule has 0 saturated carbocycles. The third-order valence-electron chi connectivity index (χ3n) is 4.47. The van der Waals surface area contributed by atoms with Crippen LogP contribution in [0.1, 0.15) is 35.7 Å². The number of carbonyl (C=O) groups excluding carboxylic acids is 2. The van der Waals surface area contributed by atoms with Crippen molar-refractivity contribution in [3.8, 4) is 23.7 Å². The second kappa shape index (κ2) is 11.2. The average molecular weight is 399 g/mol. The van der Waals surface area contributed by atoms with E-state index in [0.29, 0.717) is 18.5 Å². The average Bonchev–Trinajstić information content (AvgIpc) is 3.13. The number of carbonyl (C=O) groups is 2. The van der Waals surface area contributed by atoms with E-state index in [2.05, 4.69) is 33.9 Å². The molecule has 0 radical (unpaired) electrons. The molecule has 3 atom stereocenters. The molecule has 1 aliphatic heterocycles. The molecular formula is C21H25N3O5. The summed E-state index contributed by atoms with van der Waals surface area (Å²) in [4.78, 5) is 25.8. The van der Waals surface area contributed by atoms with Crippen LogP contribution in [0.15, 0.2) is 24.3 Å². The minimum absolute atomic E-state index is 0.224. The van der Waals surface area contributed by atoms with Gasteiger partial charge in [0.05, 0.1) is 12.2 Å². The number of nitrogens with zero attached hydrogens (tertiary/aromatic N) is 1. The zero-order valence-corrected chi connectivity index (χ0v) is 16.2. The molecule has 2 rings (SSSR count). The highest BCUT2D eigenvalue weighted by atomic mass is 16.5. The molecule has 1 aromatic rings. The van der Waals surface area contributed by atoms with Crippen LogP contribution in [0.25, 0.3) is 0 Å². The van der Waals surface area contributed by atoms with E-state index in [1.54, 1.807) is 24.3 Å². The first-order valence-corrected chi connectivity index (χ1v) is 9.33. The summed E-state index contributed by atoms with van der Waals surface area (Å²) < 4.78 is 0. The fraction of sp³-hybridized carbons (Fsp3) is 0.429. The lowest BCUT2D eigenvalue weighted by atomic mass is 10.1. The van der Waals surface area contributed by atoms with Crippen molar-refractivity contribution in [3.05, 3.63) is 35.4 Å². The molecule has 0 aliphatic carbocycles. The number of hydrogen-bond acceptors (Lipinski definition) is 6. The van der Waals surface area contributed by atoms with E-state index in [-0.39, 0.29) is 11.7 Å². The van der Waals surface area contributed by atoms with Crippen molar-refractivity contribution in [2.24, 2.45) is 0 Å². The van der Waals surface area contributed by atoms with Crippen molar-refractivity contribution in [2.45, 2.75) is 38.0 Å². The Morgan fingerprint density at radius 1 is 1.28 bits per heavy atom. The lowest BCUT2D eigenvalue weighted by molar-refractivity contribution is -0.133. The molecule has 154 valence electrons. The Kier molecular flexibility index (Phi) is 8.66. The molecule has 1 saturated heterocycles. The number of nitrogens with one attached hydrogen (secondary N) is 2. The van der Waals surface area contributed by atoms with Crippen LogP contribution in [0, 0.1) is 23.7 Å². The van der Waals surface area contributed by atoms with Crippen LogP contribution in [0.3, 0.4) is 0 Å². The first kappa shape index (κ1) is 22.4. The highest BCUT2D eigenvalue weighted by molar-refractivity contribution is 5.97. The molecule has 1 aromatic carbocycles. The number of rotatable bonds is 6. The van der Waals surface area contributed by atoms with Gasteiger partial charge in [-0.25, -0.2) is 5.48 Å². The van der Waals surface area contributed by atoms with Crippen molar-refractivity contribution >= 4 is 11.8 Å². The molecule has 8 heteroatoms. The van der Waals surface area contributed by atoms with Gasteiger partial charge >= 0.3 is 0 Å². The fourth-order valence-corrected chi connectivity index (χ4v) is 2.84. The molecule has 1 fully saturated rings. The lowest BCUT2D eigenvalue weighted by Gasteiger charge is -2.19. The van der Waals surface area contributed by atoms with E-state index >= 15 is 0 Å². The van der Waals surface area contributed by atoms with Crippen LogP contribution in [-0.2, 0) is 4.79 Å². The van der Waals surface area contributed by atoms with Gasteiger partial charge in [-0.15, -0.1) is 0 Å². The zero-order valence-electron chi connectivity index (χ0n) is 16.2. The maximum absolute atomic E-state index is 12.2. The van der Waals surface area contributed by atoms with Crippen LogP contribution in [-0.4, -0.2) is 70.0 Å². The maximum atomic E-state index is 12.2.